The van der Waals surface area contributed by atoms with Crippen LogP contribution in [0.1, 0.15) is 17.7 Å². The molecule has 7 heteroatoms. The number of anilines is 1. The number of carbonyl (C=O) groups excluding carboxylic acids is 1. The van der Waals surface area contributed by atoms with Crippen LogP contribution in [0.15, 0.2) is 53.9 Å². The predicted octanol–water partition coefficient (Wildman–Crippen LogP) is 3.75. The molecule has 1 N–H and O–H groups in total. The van der Waals surface area contributed by atoms with Crippen molar-refractivity contribution in [1.29, 1.82) is 0 Å². The Balaban J connectivity index is 1.30. The molecule has 1 fully saturated rings. The average Bonchev–Trinajstić information content (AvgIpc) is 3.31. The first-order valence-corrected chi connectivity index (χ1v) is 10.6. The molecule has 1 saturated heterocycles. The van der Waals surface area contributed by atoms with Crippen molar-refractivity contribution in [2.24, 2.45) is 5.92 Å². The van der Waals surface area contributed by atoms with Crippen LogP contribution >= 0.6 is 11.3 Å². The Hall–Kier alpha value is -2.93. The summed E-state index contributed by atoms with van der Waals surface area (Å²) in [5, 5.41) is 13.9. The van der Waals surface area contributed by atoms with E-state index in [4.69, 9.17) is 4.74 Å². The third kappa shape index (κ3) is 4.74. The number of methoxy groups -OCH3 is 1. The number of benzene rings is 1. The third-order valence-electron chi connectivity index (χ3n) is 5.24. The van der Waals surface area contributed by atoms with Crippen LogP contribution in [-0.4, -0.2) is 36.3 Å². The maximum atomic E-state index is 12.4. The van der Waals surface area contributed by atoms with Crippen molar-refractivity contribution in [3.63, 3.8) is 0 Å². The molecule has 0 atom stereocenters. The number of nitrogens with zero attached hydrogens (tertiary/aromatic N) is 3. The lowest BCUT2D eigenvalue weighted by Gasteiger charge is -2.31. The fourth-order valence-corrected chi connectivity index (χ4v) is 4.16. The molecule has 150 valence electrons. The average molecular weight is 409 g/mol. The molecule has 1 amide bonds. The molecular formula is C22H24N4O2S. The molecule has 3 heterocycles. The van der Waals surface area contributed by atoms with Gasteiger partial charge in [-0.15, -0.1) is 21.5 Å². The number of nitrogens with one attached hydrogen (secondary N) is 1. The van der Waals surface area contributed by atoms with E-state index in [1.165, 1.54) is 4.88 Å². The van der Waals surface area contributed by atoms with Crippen LogP contribution in [0.4, 0.5) is 5.82 Å². The maximum Gasteiger partial charge on any atom is 0.223 e. The summed E-state index contributed by atoms with van der Waals surface area (Å²) in [5.74, 6) is 1.90. The van der Waals surface area contributed by atoms with E-state index in [0.29, 0.717) is 6.54 Å². The first kappa shape index (κ1) is 19.4. The highest BCUT2D eigenvalue weighted by Crippen LogP contribution is 2.24. The number of ether oxygens (including phenoxy) is 1. The lowest BCUT2D eigenvalue weighted by Crippen LogP contribution is -2.40. The van der Waals surface area contributed by atoms with Crippen molar-refractivity contribution in [2.75, 3.05) is 25.1 Å². The Morgan fingerprint density at radius 3 is 2.55 bits per heavy atom. The van der Waals surface area contributed by atoms with Gasteiger partial charge >= 0.3 is 0 Å². The summed E-state index contributed by atoms with van der Waals surface area (Å²) in [4.78, 5) is 15.8. The molecule has 0 spiro atoms. The predicted molar refractivity (Wildman–Crippen MR) is 115 cm³/mol. The maximum absolute atomic E-state index is 12.4. The smallest absolute Gasteiger partial charge is 0.223 e. The summed E-state index contributed by atoms with van der Waals surface area (Å²) in [7, 11) is 1.65. The lowest BCUT2D eigenvalue weighted by molar-refractivity contribution is -0.125. The number of rotatable bonds is 6. The fourth-order valence-electron chi connectivity index (χ4n) is 3.51. The quantitative estimate of drug-likeness (QED) is 0.673. The molecule has 6 nitrogen and oxygen atoms in total. The summed E-state index contributed by atoms with van der Waals surface area (Å²) < 4.78 is 5.19. The molecule has 0 radical (unpaired) electrons. The number of carbonyl (C=O) groups is 1. The Kier molecular flexibility index (Phi) is 6.05. The number of amides is 1. The van der Waals surface area contributed by atoms with Crippen molar-refractivity contribution >= 4 is 23.1 Å². The minimum Gasteiger partial charge on any atom is -0.497 e. The zero-order chi connectivity index (χ0) is 20.1. The molecular weight excluding hydrogens is 384 g/mol. The van der Waals surface area contributed by atoms with Crippen LogP contribution in [0, 0.1) is 5.92 Å². The molecule has 2 aromatic heterocycles. The van der Waals surface area contributed by atoms with Gasteiger partial charge < -0.3 is 15.0 Å². The molecule has 3 aromatic rings. The Morgan fingerprint density at radius 1 is 1.14 bits per heavy atom. The van der Waals surface area contributed by atoms with E-state index in [2.05, 4.69) is 20.4 Å². The summed E-state index contributed by atoms with van der Waals surface area (Å²) in [6.07, 6.45) is 1.66. The molecule has 29 heavy (non-hydrogen) atoms. The molecule has 4 rings (SSSR count). The van der Waals surface area contributed by atoms with Gasteiger partial charge in [0.1, 0.15) is 5.75 Å². The number of aromatic nitrogens is 2. The number of piperidine rings is 1. The van der Waals surface area contributed by atoms with Gasteiger partial charge in [-0.25, -0.2) is 0 Å². The zero-order valence-electron chi connectivity index (χ0n) is 16.4. The largest absolute Gasteiger partial charge is 0.497 e. The van der Waals surface area contributed by atoms with E-state index in [-0.39, 0.29) is 11.8 Å². The first-order chi connectivity index (χ1) is 14.2. The summed E-state index contributed by atoms with van der Waals surface area (Å²) >= 11 is 1.67. The monoisotopic (exact) mass is 408 g/mol. The third-order valence-corrected chi connectivity index (χ3v) is 6.12. The highest BCUT2D eigenvalue weighted by molar-refractivity contribution is 7.09. The highest BCUT2D eigenvalue weighted by Gasteiger charge is 2.25. The van der Waals surface area contributed by atoms with Gasteiger partial charge in [0.15, 0.2) is 5.82 Å². The number of hydrogen-bond donors (Lipinski definition) is 1. The molecule has 1 aliphatic rings. The number of hydrogen-bond acceptors (Lipinski definition) is 6. The van der Waals surface area contributed by atoms with Crippen molar-refractivity contribution in [3.05, 3.63) is 58.8 Å². The second kappa shape index (κ2) is 9.05. The Labute approximate surface area is 174 Å². The molecule has 0 saturated carbocycles. The van der Waals surface area contributed by atoms with Gasteiger partial charge in [0.25, 0.3) is 0 Å². The van der Waals surface area contributed by atoms with Crippen LogP contribution < -0.4 is 15.0 Å². The van der Waals surface area contributed by atoms with E-state index in [1.54, 1.807) is 18.4 Å². The Bertz CT molecular complexity index is 918. The highest BCUT2D eigenvalue weighted by atomic mass is 32.1. The topological polar surface area (TPSA) is 67.3 Å². The van der Waals surface area contributed by atoms with Crippen LogP contribution in [0.25, 0.3) is 11.3 Å². The van der Waals surface area contributed by atoms with E-state index < -0.39 is 0 Å². The molecule has 0 bridgehead atoms. The Morgan fingerprint density at radius 2 is 1.93 bits per heavy atom. The minimum absolute atomic E-state index is 0.0674. The molecule has 0 aliphatic carbocycles. The van der Waals surface area contributed by atoms with E-state index in [9.17, 15) is 4.79 Å². The van der Waals surface area contributed by atoms with Gasteiger partial charge in [-0.1, -0.05) is 6.07 Å². The van der Waals surface area contributed by atoms with Gasteiger partial charge in [-0.05, 0) is 60.7 Å². The van der Waals surface area contributed by atoms with Crippen molar-refractivity contribution in [3.8, 4) is 17.0 Å². The van der Waals surface area contributed by atoms with Crippen LogP contribution in [-0.2, 0) is 11.3 Å². The minimum atomic E-state index is 0.0674. The summed E-state index contributed by atoms with van der Waals surface area (Å²) in [6, 6.07) is 15.8. The standard InChI is InChI=1S/C22H24N4O2S/c1-28-18-6-4-16(5-7-18)20-8-9-21(25-24-20)26-12-10-17(11-13-26)22(27)23-15-19-3-2-14-29-19/h2-9,14,17H,10-13,15H2,1H3,(H,23,27). The van der Waals surface area contributed by atoms with Gasteiger partial charge in [0.2, 0.25) is 5.91 Å². The van der Waals surface area contributed by atoms with Crippen LogP contribution in [0.2, 0.25) is 0 Å². The number of thiophene rings is 1. The van der Waals surface area contributed by atoms with Gasteiger partial charge in [-0.2, -0.15) is 0 Å². The molecule has 1 aliphatic heterocycles. The van der Waals surface area contributed by atoms with Crippen LogP contribution in [0.5, 0.6) is 5.75 Å². The van der Waals surface area contributed by atoms with Crippen molar-refractivity contribution < 1.29 is 9.53 Å². The fraction of sp³-hybridized carbons (Fsp3) is 0.318. The summed E-state index contributed by atoms with van der Waals surface area (Å²) in [5.41, 5.74) is 1.84. The second-order valence-corrected chi connectivity index (χ2v) is 8.10. The molecule has 0 unspecified atom stereocenters. The van der Waals surface area contributed by atoms with E-state index in [1.807, 2.05) is 53.9 Å². The zero-order valence-corrected chi connectivity index (χ0v) is 17.2. The molecule has 1 aromatic carbocycles. The SMILES string of the molecule is COc1ccc(-c2ccc(N3CCC(C(=O)NCc4cccs4)CC3)nn2)cc1. The summed E-state index contributed by atoms with van der Waals surface area (Å²) in [6.45, 7) is 2.25. The van der Waals surface area contributed by atoms with Gasteiger partial charge in [0.05, 0.1) is 19.3 Å². The normalized spacial score (nSPS) is 14.6. The first-order valence-electron chi connectivity index (χ1n) is 9.76. The van der Waals surface area contributed by atoms with E-state index in [0.717, 1.165) is 48.8 Å². The van der Waals surface area contributed by atoms with E-state index >= 15 is 0 Å². The van der Waals surface area contributed by atoms with Crippen LogP contribution in [0.3, 0.4) is 0 Å². The van der Waals surface area contributed by atoms with Crippen molar-refractivity contribution in [2.45, 2.75) is 19.4 Å². The van der Waals surface area contributed by atoms with Crippen molar-refractivity contribution in [1.82, 2.24) is 15.5 Å². The van der Waals surface area contributed by atoms with Gasteiger partial charge in [0, 0.05) is 29.4 Å². The second-order valence-electron chi connectivity index (χ2n) is 7.06. The lowest BCUT2D eigenvalue weighted by atomic mass is 9.96. The van der Waals surface area contributed by atoms with Gasteiger partial charge in [-0.3, -0.25) is 4.79 Å².